The van der Waals surface area contributed by atoms with Crippen LogP contribution in [0.3, 0.4) is 0 Å². The van der Waals surface area contributed by atoms with Gasteiger partial charge in [-0.1, -0.05) is 12.5 Å². The maximum Gasteiger partial charge on any atom is 0.124 e. The molecule has 0 radical (unpaired) electrons. The molecule has 0 atom stereocenters. The van der Waals surface area contributed by atoms with Crippen LogP contribution in [0.1, 0.15) is 30.9 Å². The van der Waals surface area contributed by atoms with Crippen LogP contribution in [0.25, 0.3) is 10.9 Å². The van der Waals surface area contributed by atoms with Crippen LogP contribution in [0.2, 0.25) is 0 Å². The van der Waals surface area contributed by atoms with Crippen LogP contribution in [-0.4, -0.2) is 10.1 Å². The third-order valence-corrected chi connectivity index (χ3v) is 3.21. The molecule has 14 heavy (non-hydrogen) atoms. The van der Waals surface area contributed by atoms with Crippen molar-refractivity contribution in [1.82, 2.24) is 4.98 Å². The van der Waals surface area contributed by atoms with E-state index >= 15 is 0 Å². The number of rotatable bonds is 1. The lowest BCUT2D eigenvalue weighted by atomic mass is 9.83. The molecule has 2 N–H and O–H groups in total. The van der Waals surface area contributed by atoms with Crippen LogP contribution in [0.15, 0.2) is 24.3 Å². The second kappa shape index (κ2) is 2.77. The Morgan fingerprint density at radius 2 is 2.14 bits per heavy atom. The fourth-order valence-corrected chi connectivity index (χ4v) is 2.10. The van der Waals surface area contributed by atoms with Crippen molar-refractivity contribution in [1.29, 1.82) is 0 Å². The van der Waals surface area contributed by atoms with E-state index in [0.717, 1.165) is 10.9 Å². The first-order valence-corrected chi connectivity index (χ1v) is 5.15. The van der Waals surface area contributed by atoms with Crippen LogP contribution in [-0.2, 0) is 0 Å². The lowest BCUT2D eigenvalue weighted by molar-refractivity contribution is 0.413. The fourth-order valence-electron chi connectivity index (χ4n) is 2.10. The van der Waals surface area contributed by atoms with Gasteiger partial charge in [0, 0.05) is 16.6 Å². The van der Waals surface area contributed by atoms with E-state index < -0.39 is 0 Å². The third kappa shape index (κ3) is 1.03. The standard InChI is InChI=1S/C12H13NO/c14-12-6-2-5-10-9(12)7-11(13-10)8-3-1-4-8/h2,5-8,13-14H,1,3-4H2. The van der Waals surface area contributed by atoms with Crippen molar-refractivity contribution in [3.8, 4) is 5.75 Å². The normalized spacial score (nSPS) is 17.1. The summed E-state index contributed by atoms with van der Waals surface area (Å²) in [4.78, 5) is 3.38. The van der Waals surface area contributed by atoms with Crippen LogP contribution >= 0.6 is 0 Å². The zero-order valence-corrected chi connectivity index (χ0v) is 7.96. The number of nitrogens with one attached hydrogen (secondary N) is 1. The molecule has 1 heterocycles. The van der Waals surface area contributed by atoms with Crippen LogP contribution in [0.4, 0.5) is 0 Å². The summed E-state index contributed by atoms with van der Waals surface area (Å²) >= 11 is 0. The summed E-state index contributed by atoms with van der Waals surface area (Å²) in [5.41, 5.74) is 2.33. The molecule has 0 unspecified atom stereocenters. The van der Waals surface area contributed by atoms with E-state index in [1.54, 1.807) is 6.07 Å². The molecular formula is C12H13NO. The summed E-state index contributed by atoms with van der Waals surface area (Å²) in [5, 5.41) is 10.6. The lowest BCUT2D eigenvalue weighted by Crippen LogP contribution is -2.08. The summed E-state index contributed by atoms with van der Waals surface area (Å²) in [7, 11) is 0. The maximum atomic E-state index is 9.64. The summed E-state index contributed by atoms with van der Waals surface area (Å²) in [6, 6.07) is 7.71. The van der Waals surface area contributed by atoms with Gasteiger partial charge in [-0.25, -0.2) is 0 Å². The molecule has 1 aliphatic rings. The molecule has 0 bridgehead atoms. The SMILES string of the molecule is Oc1cccc2[nH]c(C3CCC3)cc12. The lowest BCUT2D eigenvalue weighted by Gasteiger charge is -2.23. The van der Waals surface area contributed by atoms with E-state index in [4.69, 9.17) is 0 Å². The number of phenols is 1. The Balaban J connectivity index is 2.15. The highest BCUT2D eigenvalue weighted by Crippen LogP contribution is 2.38. The number of hydrogen-bond donors (Lipinski definition) is 2. The molecule has 1 fully saturated rings. The number of phenolic OH excluding ortho intramolecular Hbond substituents is 1. The average molecular weight is 187 g/mol. The number of aromatic amines is 1. The summed E-state index contributed by atoms with van der Waals surface area (Å²) in [6.45, 7) is 0. The molecule has 2 nitrogen and oxygen atoms in total. The molecule has 2 heteroatoms. The first kappa shape index (κ1) is 7.92. The quantitative estimate of drug-likeness (QED) is 0.706. The van der Waals surface area contributed by atoms with E-state index in [1.807, 2.05) is 12.1 Å². The van der Waals surface area contributed by atoms with Gasteiger partial charge in [0.05, 0.1) is 0 Å². The second-order valence-corrected chi connectivity index (χ2v) is 4.09. The van der Waals surface area contributed by atoms with Gasteiger partial charge in [-0.3, -0.25) is 0 Å². The molecule has 1 aromatic carbocycles. The molecule has 1 saturated carbocycles. The monoisotopic (exact) mass is 187 g/mol. The van der Waals surface area contributed by atoms with Crippen LogP contribution in [0, 0.1) is 0 Å². The molecule has 0 amide bonds. The van der Waals surface area contributed by atoms with E-state index in [9.17, 15) is 5.11 Å². The van der Waals surface area contributed by atoms with Gasteiger partial charge in [-0.05, 0) is 37.0 Å². The second-order valence-electron chi connectivity index (χ2n) is 4.09. The van der Waals surface area contributed by atoms with Crippen LogP contribution < -0.4 is 0 Å². The van der Waals surface area contributed by atoms with E-state index in [1.165, 1.54) is 25.0 Å². The number of benzene rings is 1. The Hall–Kier alpha value is -1.44. The number of H-pyrrole nitrogens is 1. The van der Waals surface area contributed by atoms with Gasteiger partial charge >= 0.3 is 0 Å². The van der Waals surface area contributed by atoms with Crippen molar-refractivity contribution in [2.24, 2.45) is 0 Å². The predicted octanol–water partition coefficient (Wildman–Crippen LogP) is 3.14. The first-order chi connectivity index (χ1) is 6.84. The number of aromatic nitrogens is 1. The molecule has 1 aromatic heterocycles. The topological polar surface area (TPSA) is 36.0 Å². The molecule has 2 aromatic rings. The Labute approximate surface area is 82.6 Å². The Morgan fingerprint density at radius 1 is 1.29 bits per heavy atom. The van der Waals surface area contributed by atoms with Crippen molar-refractivity contribution in [2.75, 3.05) is 0 Å². The average Bonchev–Trinajstić information content (AvgIpc) is 2.46. The van der Waals surface area contributed by atoms with E-state index in [2.05, 4.69) is 11.1 Å². The summed E-state index contributed by atoms with van der Waals surface area (Å²) < 4.78 is 0. The first-order valence-electron chi connectivity index (χ1n) is 5.15. The van der Waals surface area contributed by atoms with Crippen molar-refractivity contribution >= 4 is 10.9 Å². The highest BCUT2D eigenvalue weighted by atomic mass is 16.3. The van der Waals surface area contributed by atoms with Crippen molar-refractivity contribution in [2.45, 2.75) is 25.2 Å². The minimum absolute atomic E-state index is 0.379. The van der Waals surface area contributed by atoms with Gasteiger partial charge in [0.1, 0.15) is 5.75 Å². The Kier molecular flexibility index (Phi) is 1.57. The molecular weight excluding hydrogens is 174 g/mol. The molecule has 72 valence electrons. The molecule has 3 rings (SSSR count). The molecule has 0 spiro atoms. The minimum Gasteiger partial charge on any atom is -0.507 e. The van der Waals surface area contributed by atoms with Gasteiger partial charge in [-0.15, -0.1) is 0 Å². The van der Waals surface area contributed by atoms with Crippen molar-refractivity contribution in [3.05, 3.63) is 30.0 Å². The summed E-state index contributed by atoms with van der Waals surface area (Å²) in [6.07, 6.45) is 3.91. The van der Waals surface area contributed by atoms with Gasteiger partial charge < -0.3 is 10.1 Å². The highest BCUT2D eigenvalue weighted by Gasteiger charge is 2.21. The van der Waals surface area contributed by atoms with Gasteiger partial charge in [0.25, 0.3) is 0 Å². The van der Waals surface area contributed by atoms with Gasteiger partial charge in [0.2, 0.25) is 0 Å². The summed E-state index contributed by atoms with van der Waals surface area (Å²) in [5.74, 6) is 1.08. The Bertz CT molecular complexity index is 468. The van der Waals surface area contributed by atoms with E-state index in [-0.39, 0.29) is 0 Å². The number of hydrogen-bond acceptors (Lipinski definition) is 1. The van der Waals surface area contributed by atoms with Crippen molar-refractivity contribution in [3.63, 3.8) is 0 Å². The van der Waals surface area contributed by atoms with Gasteiger partial charge in [-0.2, -0.15) is 0 Å². The zero-order chi connectivity index (χ0) is 9.54. The zero-order valence-electron chi connectivity index (χ0n) is 7.96. The number of aromatic hydroxyl groups is 1. The highest BCUT2D eigenvalue weighted by molar-refractivity contribution is 5.86. The smallest absolute Gasteiger partial charge is 0.124 e. The maximum absolute atomic E-state index is 9.64. The van der Waals surface area contributed by atoms with Crippen molar-refractivity contribution < 1.29 is 5.11 Å². The van der Waals surface area contributed by atoms with Crippen LogP contribution in [0.5, 0.6) is 5.75 Å². The fraction of sp³-hybridized carbons (Fsp3) is 0.333. The predicted molar refractivity (Wildman–Crippen MR) is 56.6 cm³/mol. The largest absolute Gasteiger partial charge is 0.507 e. The minimum atomic E-state index is 0.379. The number of fused-ring (bicyclic) bond motifs is 1. The molecule has 1 aliphatic carbocycles. The van der Waals surface area contributed by atoms with Gasteiger partial charge in [0.15, 0.2) is 0 Å². The third-order valence-electron chi connectivity index (χ3n) is 3.21. The van der Waals surface area contributed by atoms with E-state index in [0.29, 0.717) is 11.7 Å². The molecule has 0 aliphatic heterocycles. The Morgan fingerprint density at radius 3 is 2.79 bits per heavy atom. The molecule has 0 saturated heterocycles.